The minimum absolute atomic E-state index is 0.0651. The Balaban J connectivity index is 1.44. The van der Waals surface area contributed by atoms with Crippen molar-refractivity contribution in [2.45, 2.75) is 63.1 Å². The lowest BCUT2D eigenvalue weighted by Crippen LogP contribution is -2.31. The Morgan fingerprint density at radius 1 is 1.16 bits per heavy atom. The molecule has 6 heteroatoms. The fraction of sp³-hybridized carbons (Fsp3) is 0.526. The van der Waals surface area contributed by atoms with E-state index in [4.69, 9.17) is 5.73 Å². The summed E-state index contributed by atoms with van der Waals surface area (Å²) in [7, 11) is 0. The number of nitrogens with two attached hydrogens (primary N) is 1. The van der Waals surface area contributed by atoms with E-state index >= 15 is 0 Å². The topological polar surface area (TPSA) is 85.8 Å². The van der Waals surface area contributed by atoms with E-state index in [0.717, 1.165) is 44.9 Å². The Labute approximate surface area is 147 Å². The van der Waals surface area contributed by atoms with Gasteiger partial charge in [0.05, 0.1) is 18.3 Å². The zero-order chi connectivity index (χ0) is 17.2. The first-order valence-electron chi connectivity index (χ1n) is 9.27. The van der Waals surface area contributed by atoms with Crippen molar-refractivity contribution in [3.8, 4) is 0 Å². The molecule has 2 aliphatic carbocycles. The van der Waals surface area contributed by atoms with Crippen molar-refractivity contribution in [1.82, 2.24) is 20.3 Å². The molecule has 0 spiro atoms. The summed E-state index contributed by atoms with van der Waals surface area (Å²) in [6.45, 7) is 0. The SMILES string of the molecule is NC1CCC(n2cc(C(=O)N[C@H]3CCCc4ccccc43)nn2)CC1. The summed E-state index contributed by atoms with van der Waals surface area (Å²) in [5, 5.41) is 11.4. The monoisotopic (exact) mass is 339 g/mol. The van der Waals surface area contributed by atoms with Gasteiger partial charge in [-0.15, -0.1) is 5.10 Å². The van der Waals surface area contributed by atoms with Gasteiger partial charge in [0.1, 0.15) is 0 Å². The molecule has 0 aliphatic heterocycles. The number of carbonyl (C=O) groups excluding carboxylic acids is 1. The van der Waals surface area contributed by atoms with E-state index in [2.05, 4.69) is 33.8 Å². The lowest BCUT2D eigenvalue weighted by atomic mass is 9.88. The molecule has 4 rings (SSSR count). The molecule has 2 aromatic rings. The standard InChI is InChI=1S/C19H25N5O/c20-14-8-10-15(11-9-14)24-12-18(22-23-24)19(25)21-17-7-3-5-13-4-1-2-6-16(13)17/h1-2,4,6,12,14-15,17H,3,5,7-11,20H2,(H,21,25)/t14?,15?,17-/m0/s1. The second-order valence-electron chi connectivity index (χ2n) is 7.27. The highest BCUT2D eigenvalue weighted by Crippen LogP contribution is 2.30. The highest BCUT2D eigenvalue weighted by atomic mass is 16.2. The summed E-state index contributed by atoms with van der Waals surface area (Å²) in [5.74, 6) is -0.138. The molecule has 1 heterocycles. The largest absolute Gasteiger partial charge is 0.344 e. The summed E-state index contributed by atoms with van der Waals surface area (Å²) in [4.78, 5) is 12.6. The van der Waals surface area contributed by atoms with Crippen LogP contribution in [0.5, 0.6) is 0 Å². The maximum Gasteiger partial charge on any atom is 0.273 e. The molecular weight excluding hydrogens is 314 g/mol. The molecule has 0 unspecified atom stereocenters. The number of aromatic nitrogens is 3. The predicted octanol–water partition coefficient (Wildman–Crippen LogP) is 2.53. The van der Waals surface area contributed by atoms with Crippen LogP contribution in [-0.4, -0.2) is 26.9 Å². The van der Waals surface area contributed by atoms with Crippen LogP contribution in [0, 0.1) is 0 Å². The number of nitrogens with one attached hydrogen (secondary N) is 1. The van der Waals surface area contributed by atoms with Gasteiger partial charge in [-0.1, -0.05) is 29.5 Å². The fourth-order valence-corrected chi connectivity index (χ4v) is 4.06. The van der Waals surface area contributed by atoms with E-state index in [9.17, 15) is 4.79 Å². The Hall–Kier alpha value is -2.21. The van der Waals surface area contributed by atoms with Crippen LogP contribution in [0.4, 0.5) is 0 Å². The van der Waals surface area contributed by atoms with E-state index in [0.29, 0.717) is 17.8 Å². The molecule has 1 amide bonds. The van der Waals surface area contributed by atoms with Crippen LogP contribution in [0.2, 0.25) is 0 Å². The molecule has 1 aromatic heterocycles. The maximum absolute atomic E-state index is 12.6. The highest BCUT2D eigenvalue weighted by molar-refractivity contribution is 5.92. The van der Waals surface area contributed by atoms with Gasteiger partial charge in [0.2, 0.25) is 0 Å². The third-order valence-corrected chi connectivity index (χ3v) is 5.53. The van der Waals surface area contributed by atoms with E-state index in [-0.39, 0.29) is 11.9 Å². The molecule has 3 N–H and O–H groups in total. The van der Waals surface area contributed by atoms with Crippen LogP contribution in [0.25, 0.3) is 0 Å². The van der Waals surface area contributed by atoms with Gasteiger partial charge < -0.3 is 11.1 Å². The summed E-state index contributed by atoms with van der Waals surface area (Å²) in [6.07, 6.45) is 8.95. The van der Waals surface area contributed by atoms with Gasteiger partial charge in [-0.05, 0) is 56.1 Å². The van der Waals surface area contributed by atoms with Crippen molar-refractivity contribution in [2.24, 2.45) is 5.73 Å². The average molecular weight is 339 g/mol. The van der Waals surface area contributed by atoms with Crippen molar-refractivity contribution in [1.29, 1.82) is 0 Å². The number of aryl methyl sites for hydroxylation is 1. The smallest absolute Gasteiger partial charge is 0.273 e. The molecule has 132 valence electrons. The lowest BCUT2D eigenvalue weighted by molar-refractivity contribution is 0.0927. The van der Waals surface area contributed by atoms with Crippen molar-refractivity contribution in [3.63, 3.8) is 0 Å². The van der Waals surface area contributed by atoms with Crippen LogP contribution >= 0.6 is 0 Å². The highest BCUT2D eigenvalue weighted by Gasteiger charge is 2.25. The number of carbonyl (C=O) groups is 1. The molecule has 0 bridgehead atoms. The van der Waals surface area contributed by atoms with E-state index < -0.39 is 0 Å². The lowest BCUT2D eigenvalue weighted by Gasteiger charge is -2.26. The normalized spacial score (nSPS) is 26.0. The first-order chi connectivity index (χ1) is 12.2. The number of fused-ring (bicyclic) bond motifs is 1. The fourth-order valence-electron chi connectivity index (χ4n) is 4.06. The number of nitrogens with zero attached hydrogens (tertiary/aromatic N) is 3. The third kappa shape index (κ3) is 3.44. The molecule has 6 nitrogen and oxygen atoms in total. The molecule has 1 atom stereocenters. The van der Waals surface area contributed by atoms with Gasteiger partial charge in [0, 0.05) is 6.04 Å². The Morgan fingerprint density at radius 2 is 1.96 bits per heavy atom. The number of amides is 1. The molecule has 0 saturated heterocycles. The average Bonchev–Trinajstić information content (AvgIpc) is 3.13. The second kappa shape index (κ2) is 6.96. The number of benzene rings is 1. The quantitative estimate of drug-likeness (QED) is 0.900. The van der Waals surface area contributed by atoms with Crippen molar-refractivity contribution >= 4 is 5.91 Å². The van der Waals surface area contributed by atoms with Crippen molar-refractivity contribution < 1.29 is 4.79 Å². The number of hydrogen-bond acceptors (Lipinski definition) is 4. The van der Waals surface area contributed by atoms with Crippen LogP contribution in [0.1, 0.15) is 72.2 Å². The zero-order valence-corrected chi connectivity index (χ0v) is 14.4. The number of hydrogen-bond donors (Lipinski definition) is 2. The van der Waals surface area contributed by atoms with Gasteiger partial charge in [0.25, 0.3) is 5.91 Å². The Morgan fingerprint density at radius 3 is 2.80 bits per heavy atom. The van der Waals surface area contributed by atoms with E-state index in [1.165, 1.54) is 11.1 Å². The summed E-state index contributed by atoms with van der Waals surface area (Å²) >= 11 is 0. The minimum Gasteiger partial charge on any atom is -0.344 e. The number of rotatable bonds is 3. The third-order valence-electron chi connectivity index (χ3n) is 5.53. The van der Waals surface area contributed by atoms with E-state index in [1.54, 1.807) is 6.20 Å². The van der Waals surface area contributed by atoms with Crippen LogP contribution in [0.15, 0.2) is 30.5 Å². The van der Waals surface area contributed by atoms with Crippen LogP contribution in [0.3, 0.4) is 0 Å². The molecular formula is C19H25N5O. The van der Waals surface area contributed by atoms with Crippen LogP contribution < -0.4 is 11.1 Å². The van der Waals surface area contributed by atoms with Gasteiger partial charge in [0.15, 0.2) is 5.69 Å². The molecule has 1 aromatic carbocycles. The Bertz CT molecular complexity index is 748. The summed E-state index contributed by atoms with van der Waals surface area (Å²) in [5.41, 5.74) is 8.93. The minimum atomic E-state index is -0.138. The van der Waals surface area contributed by atoms with Gasteiger partial charge >= 0.3 is 0 Å². The van der Waals surface area contributed by atoms with Gasteiger partial charge in [-0.3, -0.25) is 4.79 Å². The second-order valence-corrected chi connectivity index (χ2v) is 7.27. The molecule has 25 heavy (non-hydrogen) atoms. The summed E-state index contributed by atoms with van der Waals surface area (Å²) < 4.78 is 1.84. The zero-order valence-electron chi connectivity index (χ0n) is 14.4. The molecule has 2 aliphatic rings. The Kier molecular flexibility index (Phi) is 4.53. The first-order valence-corrected chi connectivity index (χ1v) is 9.27. The van der Waals surface area contributed by atoms with Gasteiger partial charge in [-0.2, -0.15) is 0 Å². The molecule has 0 radical (unpaired) electrons. The van der Waals surface area contributed by atoms with Crippen molar-refractivity contribution in [3.05, 3.63) is 47.3 Å². The molecule has 1 saturated carbocycles. The molecule has 1 fully saturated rings. The van der Waals surface area contributed by atoms with Gasteiger partial charge in [-0.25, -0.2) is 4.68 Å². The summed E-state index contributed by atoms with van der Waals surface area (Å²) in [6, 6.07) is 9.03. The van der Waals surface area contributed by atoms with Crippen LogP contribution in [-0.2, 0) is 6.42 Å². The van der Waals surface area contributed by atoms with Crippen molar-refractivity contribution in [2.75, 3.05) is 0 Å². The maximum atomic E-state index is 12.6. The predicted molar refractivity (Wildman–Crippen MR) is 95.1 cm³/mol. The van der Waals surface area contributed by atoms with E-state index in [1.807, 2.05) is 10.7 Å². The first kappa shape index (κ1) is 16.3.